The summed E-state index contributed by atoms with van der Waals surface area (Å²) in [5.74, 6) is 0.265. The summed E-state index contributed by atoms with van der Waals surface area (Å²) < 4.78 is 16.0. The van der Waals surface area contributed by atoms with Crippen LogP contribution in [0.1, 0.15) is 27.8 Å². The zero-order valence-corrected chi connectivity index (χ0v) is 19.0. The van der Waals surface area contributed by atoms with Gasteiger partial charge in [0.1, 0.15) is 24.5 Å². The quantitative estimate of drug-likeness (QED) is 0.140. The second-order valence-electron chi connectivity index (χ2n) is 7.22. The molecule has 0 fully saturated rings. The van der Waals surface area contributed by atoms with Gasteiger partial charge in [-0.2, -0.15) is 0 Å². The first-order chi connectivity index (χ1) is 16.1. The van der Waals surface area contributed by atoms with Crippen LogP contribution in [-0.2, 0) is 32.3 Å². The van der Waals surface area contributed by atoms with Crippen molar-refractivity contribution in [2.45, 2.75) is 20.1 Å². The lowest BCUT2D eigenvalue weighted by atomic mass is 10.0. The van der Waals surface area contributed by atoms with Crippen molar-refractivity contribution in [3.8, 4) is 5.75 Å². The van der Waals surface area contributed by atoms with Crippen LogP contribution in [0, 0.1) is 6.92 Å². The molecule has 0 aliphatic carbocycles. The highest BCUT2D eigenvalue weighted by Crippen LogP contribution is 2.24. The van der Waals surface area contributed by atoms with Gasteiger partial charge >= 0.3 is 5.97 Å². The number of oxime groups is 1. The van der Waals surface area contributed by atoms with E-state index in [1.807, 2.05) is 79.7 Å². The largest absolute Gasteiger partial charge is 0.503 e. The van der Waals surface area contributed by atoms with E-state index in [2.05, 4.69) is 5.16 Å². The zero-order chi connectivity index (χ0) is 23.5. The molecule has 0 N–H and O–H groups in total. The predicted molar refractivity (Wildman–Crippen MR) is 128 cm³/mol. The molecule has 0 bridgehead atoms. The first-order valence-corrected chi connectivity index (χ1v) is 10.4. The number of methoxy groups -OCH3 is 2. The lowest BCUT2D eigenvalue weighted by Gasteiger charge is -2.14. The van der Waals surface area contributed by atoms with Gasteiger partial charge in [0.15, 0.2) is 0 Å². The van der Waals surface area contributed by atoms with Gasteiger partial charge in [-0.25, -0.2) is 4.79 Å². The molecule has 170 valence electrons. The van der Waals surface area contributed by atoms with Crippen LogP contribution in [-0.4, -0.2) is 26.4 Å². The molecule has 0 aliphatic heterocycles. The number of aryl methyl sites for hydroxylation is 1. The first kappa shape index (κ1) is 23.6. The molecule has 3 rings (SSSR count). The number of ether oxygens (including phenoxy) is 3. The molecule has 6 nitrogen and oxygen atoms in total. The van der Waals surface area contributed by atoms with Gasteiger partial charge in [-0.3, -0.25) is 0 Å². The van der Waals surface area contributed by atoms with Crippen molar-refractivity contribution in [2.75, 3.05) is 14.2 Å². The molecule has 3 aromatic carbocycles. The number of nitrogens with zero attached hydrogens (tertiary/aromatic N) is 1. The van der Waals surface area contributed by atoms with Crippen LogP contribution in [0.25, 0.3) is 5.57 Å². The van der Waals surface area contributed by atoms with Crippen LogP contribution in [0.2, 0.25) is 0 Å². The van der Waals surface area contributed by atoms with Gasteiger partial charge in [0.05, 0.1) is 26.7 Å². The third-order valence-corrected chi connectivity index (χ3v) is 4.88. The lowest BCUT2D eigenvalue weighted by Crippen LogP contribution is -2.08. The van der Waals surface area contributed by atoms with Crippen LogP contribution < -0.4 is 4.74 Å². The van der Waals surface area contributed by atoms with Crippen LogP contribution in [0.4, 0.5) is 0 Å². The summed E-state index contributed by atoms with van der Waals surface area (Å²) >= 11 is 0. The Kier molecular flexibility index (Phi) is 8.65. The predicted octanol–water partition coefficient (Wildman–Crippen LogP) is 5.29. The highest BCUT2D eigenvalue weighted by Gasteiger charge is 2.17. The number of esters is 1. The Morgan fingerprint density at radius 2 is 1.70 bits per heavy atom. The fourth-order valence-corrected chi connectivity index (χ4v) is 3.21. The van der Waals surface area contributed by atoms with E-state index in [1.54, 1.807) is 6.21 Å². The number of benzene rings is 3. The van der Waals surface area contributed by atoms with Gasteiger partial charge in [-0.1, -0.05) is 59.8 Å². The summed E-state index contributed by atoms with van der Waals surface area (Å²) in [6.45, 7) is 2.67. The Bertz CT molecular complexity index is 1120. The molecule has 0 unspecified atom stereocenters. The van der Waals surface area contributed by atoms with Crippen molar-refractivity contribution in [2.24, 2.45) is 5.16 Å². The maximum Gasteiger partial charge on any atom is 0.341 e. The maximum absolute atomic E-state index is 12.2. The molecule has 0 atom stereocenters. The van der Waals surface area contributed by atoms with Gasteiger partial charge in [-0.15, -0.1) is 0 Å². The van der Waals surface area contributed by atoms with Crippen LogP contribution in [0.3, 0.4) is 0 Å². The lowest BCUT2D eigenvalue weighted by molar-refractivity contribution is -0.133. The summed E-state index contributed by atoms with van der Waals surface area (Å²) in [5, 5.41) is 4.05. The summed E-state index contributed by atoms with van der Waals surface area (Å²) in [7, 11) is 2.83. The average molecular weight is 446 g/mol. The molecule has 0 saturated carbocycles. The van der Waals surface area contributed by atoms with E-state index in [9.17, 15) is 4.79 Å². The summed E-state index contributed by atoms with van der Waals surface area (Å²) in [6, 6.07) is 23.1. The van der Waals surface area contributed by atoms with Gasteiger partial charge in [0.2, 0.25) is 0 Å². The Morgan fingerprint density at radius 1 is 0.939 bits per heavy atom. The molecular weight excluding hydrogens is 418 g/mol. The van der Waals surface area contributed by atoms with Crippen LogP contribution >= 0.6 is 0 Å². The topological polar surface area (TPSA) is 66.4 Å². The van der Waals surface area contributed by atoms with E-state index in [4.69, 9.17) is 19.0 Å². The fraction of sp³-hybridized carbons (Fsp3) is 0.185. The van der Waals surface area contributed by atoms with Crippen LogP contribution in [0.15, 0.2) is 84.2 Å². The molecule has 0 radical (unpaired) electrons. The molecule has 6 heteroatoms. The Labute approximate surface area is 194 Å². The molecule has 0 aromatic heterocycles. The van der Waals surface area contributed by atoms with Gasteiger partial charge < -0.3 is 19.0 Å². The molecular formula is C27H27NO5. The number of hydrogen-bond acceptors (Lipinski definition) is 6. The molecule has 0 heterocycles. The molecule has 0 amide bonds. The molecule has 33 heavy (non-hydrogen) atoms. The highest BCUT2D eigenvalue weighted by atomic mass is 16.6. The molecule has 0 saturated heterocycles. The van der Waals surface area contributed by atoms with Gasteiger partial charge in [0.25, 0.3) is 0 Å². The van der Waals surface area contributed by atoms with Crippen molar-refractivity contribution in [1.29, 1.82) is 0 Å². The minimum absolute atomic E-state index is 0.280. The van der Waals surface area contributed by atoms with E-state index in [-0.39, 0.29) is 6.61 Å². The fourth-order valence-electron chi connectivity index (χ4n) is 3.21. The number of rotatable bonds is 10. The zero-order valence-electron chi connectivity index (χ0n) is 19.0. The van der Waals surface area contributed by atoms with Gasteiger partial charge in [-0.05, 0) is 52.9 Å². The number of hydrogen-bond donors (Lipinski definition) is 0. The minimum Gasteiger partial charge on any atom is -0.503 e. The molecule has 0 aliphatic rings. The normalized spacial score (nSPS) is 11.3. The van der Waals surface area contributed by atoms with Crippen molar-refractivity contribution >= 4 is 17.8 Å². The summed E-state index contributed by atoms with van der Waals surface area (Å²) in [6.07, 6.45) is 3.05. The number of carbonyl (C=O) groups excluding carboxylic acids is 1. The highest BCUT2D eigenvalue weighted by molar-refractivity contribution is 6.16. The summed E-state index contributed by atoms with van der Waals surface area (Å²) in [4.78, 5) is 17.5. The van der Waals surface area contributed by atoms with E-state index in [1.165, 1.54) is 20.5 Å². The van der Waals surface area contributed by atoms with Crippen molar-refractivity contribution in [1.82, 2.24) is 0 Å². The Balaban J connectivity index is 1.65. The van der Waals surface area contributed by atoms with E-state index in [0.717, 1.165) is 28.0 Å². The Hall–Kier alpha value is -4.06. The monoisotopic (exact) mass is 445 g/mol. The average Bonchev–Trinajstić information content (AvgIpc) is 2.85. The first-order valence-electron chi connectivity index (χ1n) is 10.4. The standard InChI is InChI=1S/C27H27NO5/c1-20-15-22(16-28-33-17-21-9-5-4-6-10-21)13-14-26(20)32-18-23-11-7-8-12-24(23)25(19-30-2)27(29)31-3/h4-16,19H,17-18H2,1-3H3. The summed E-state index contributed by atoms with van der Waals surface area (Å²) in [5.41, 5.74) is 4.79. The van der Waals surface area contributed by atoms with E-state index >= 15 is 0 Å². The van der Waals surface area contributed by atoms with Crippen LogP contribution in [0.5, 0.6) is 5.75 Å². The Morgan fingerprint density at radius 3 is 2.42 bits per heavy atom. The SMILES string of the molecule is COC=C(C(=O)OC)c1ccccc1COc1ccc(C=NOCc2ccccc2)cc1C. The second kappa shape index (κ2) is 12.1. The van der Waals surface area contributed by atoms with E-state index in [0.29, 0.717) is 17.7 Å². The van der Waals surface area contributed by atoms with E-state index < -0.39 is 5.97 Å². The smallest absolute Gasteiger partial charge is 0.341 e. The van der Waals surface area contributed by atoms with Crippen molar-refractivity contribution in [3.63, 3.8) is 0 Å². The maximum atomic E-state index is 12.2. The van der Waals surface area contributed by atoms with Crippen molar-refractivity contribution < 1.29 is 23.8 Å². The number of carbonyl (C=O) groups is 1. The van der Waals surface area contributed by atoms with Gasteiger partial charge in [0, 0.05) is 0 Å². The molecule has 0 spiro atoms. The van der Waals surface area contributed by atoms with Crippen molar-refractivity contribution in [3.05, 3.63) is 107 Å². The molecule has 3 aromatic rings. The minimum atomic E-state index is -0.474. The third kappa shape index (κ3) is 6.71. The second-order valence-corrected chi connectivity index (χ2v) is 7.22. The third-order valence-electron chi connectivity index (χ3n) is 4.88.